The van der Waals surface area contributed by atoms with Crippen LogP contribution in [0.2, 0.25) is 0 Å². The second-order valence-corrected chi connectivity index (χ2v) is 8.77. The van der Waals surface area contributed by atoms with Crippen LogP contribution >= 0.6 is 0 Å². The molecule has 12 nitrogen and oxygen atoms in total. The van der Waals surface area contributed by atoms with Crippen molar-refractivity contribution in [2.45, 2.75) is 110 Å². The van der Waals surface area contributed by atoms with Gasteiger partial charge in [0, 0.05) is 40.7 Å². The molecule has 1 aliphatic rings. The lowest BCUT2D eigenvalue weighted by Gasteiger charge is -2.44. The normalized spacial score (nSPS) is 23.0. The van der Waals surface area contributed by atoms with Crippen molar-refractivity contribution in [2.24, 2.45) is 0 Å². The highest BCUT2D eigenvalue weighted by atomic mass is 16.7. The van der Waals surface area contributed by atoms with E-state index >= 15 is 0 Å². The smallest absolute Gasteiger partial charge is 0.305 e. The molecule has 1 saturated heterocycles. The highest BCUT2D eigenvalue weighted by Gasteiger charge is 2.51. The third kappa shape index (κ3) is 13.4. The number of carbonyl (C=O) groups is 5. The lowest BCUT2D eigenvalue weighted by molar-refractivity contribution is -0.277. The Morgan fingerprint density at radius 3 is 1.92 bits per heavy atom. The molecule has 0 unspecified atom stereocenters. The van der Waals surface area contributed by atoms with Gasteiger partial charge in [0.1, 0.15) is 18.8 Å². The predicted molar refractivity (Wildman–Crippen MR) is 129 cm³/mol. The van der Waals surface area contributed by atoms with E-state index < -0.39 is 54.5 Å². The summed E-state index contributed by atoms with van der Waals surface area (Å²) in [5, 5.41) is 2.67. The zero-order valence-corrected chi connectivity index (χ0v) is 22.4. The van der Waals surface area contributed by atoms with Gasteiger partial charge in [0.15, 0.2) is 18.5 Å². The number of hydrogen-bond acceptors (Lipinski definition) is 11. The van der Waals surface area contributed by atoms with Gasteiger partial charge >= 0.3 is 23.9 Å². The molecule has 1 fully saturated rings. The van der Waals surface area contributed by atoms with E-state index in [9.17, 15) is 24.0 Å². The summed E-state index contributed by atoms with van der Waals surface area (Å²) in [4.78, 5) is 58.3. The Morgan fingerprint density at radius 2 is 1.35 bits per heavy atom. The quantitative estimate of drug-likeness (QED) is 0.177. The van der Waals surface area contributed by atoms with E-state index in [1.54, 1.807) is 6.92 Å². The predicted octanol–water partition coefficient (Wildman–Crippen LogP) is 1.95. The fourth-order valence-corrected chi connectivity index (χ4v) is 3.94. The first kappa shape index (κ1) is 32.3. The van der Waals surface area contributed by atoms with Crippen LogP contribution in [0.15, 0.2) is 0 Å². The van der Waals surface area contributed by atoms with E-state index in [-0.39, 0.29) is 19.2 Å². The van der Waals surface area contributed by atoms with Crippen molar-refractivity contribution in [1.82, 2.24) is 5.32 Å². The van der Waals surface area contributed by atoms with Crippen LogP contribution in [-0.2, 0) is 52.4 Å². The molecule has 0 bridgehead atoms. The molecule has 0 aromatic carbocycles. The van der Waals surface area contributed by atoms with Crippen LogP contribution in [0.4, 0.5) is 0 Å². The van der Waals surface area contributed by atoms with Gasteiger partial charge in [-0.3, -0.25) is 24.0 Å². The second kappa shape index (κ2) is 17.7. The lowest BCUT2D eigenvalue weighted by Crippen LogP contribution is -2.66. The molecule has 12 heteroatoms. The molecule has 1 N–H and O–H groups in total. The maximum absolute atomic E-state index is 11.9. The molecule has 212 valence electrons. The van der Waals surface area contributed by atoms with E-state index in [2.05, 4.69) is 5.32 Å². The third-order valence-electron chi connectivity index (χ3n) is 5.43. The largest absolute Gasteiger partial charge is 0.466 e. The molecule has 5 atom stereocenters. The summed E-state index contributed by atoms with van der Waals surface area (Å²) in [5.74, 6) is -2.50. The SMILES string of the molecule is CCOC(=O)CCCCCCCCO[C@@H]1O[C@H](COC(C)=O)[C@@H](OC(C)=O)[C@H](OC(C)=O)[C@H]1NC(C)=O. The second-order valence-electron chi connectivity index (χ2n) is 8.77. The van der Waals surface area contributed by atoms with Crippen LogP contribution < -0.4 is 5.32 Å². The molecule has 0 radical (unpaired) electrons. The Morgan fingerprint density at radius 1 is 0.757 bits per heavy atom. The van der Waals surface area contributed by atoms with Crippen molar-refractivity contribution in [2.75, 3.05) is 19.8 Å². The molecule has 1 rings (SSSR count). The van der Waals surface area contributed by atoms with E-state index in [0.29, 0.717) is 19.4 Å². The highest BCUT2D eigenvalue weighted by Crippen LogP contribution is 2.28. The van der Waals surface area contributed by atoms with Gasteiger partial charge in [0.25, 0.3) is 0 Å². The first-order valence-electron chi connectivity index (χ1n) is 12.7. The van der Waals surface area contributed by atoms with Crippen LogP contribution in [0.25, 0.3) is 0 Å². The van der Waals surface area contributed by atoms with Gasteiger partial charge in [0.05, 0.1) is 6.61 Å². The first-order valence-corrected chi connectivity index (χ1v) is 12.7. The van der Waals surface area contributed by atoms with E-state index in [1.165, 1.54) is 27.7 Å². The Hall–Kier alpha value is -2.73. The highest BCUT2D eigenvalue weighted by molar-refractivity contribution is 5.73. The van der Waals surface area contributed by atoms with Crippen LogP contribution in [0.1, 0.15) is 79.6 Å². The summed E-state index contributed by atoms with van der Waals surface area (Å²) >= 11 is 0. The minimum absolute atomic E-state index is 0.174. The number of esters is 4. The van der Waals surface area contributed by atoms with Crippen molar-refractivity contribution in [3.05, 3.63) is 0 Å². The van der Waals surface area contributed by atoms with E-state index in [0.717, 1.165) is 32.1 Å². The molecule has 1 heterocycles. The lowest BCUT2D eigenvalue weighted by atomic mass is 9.96. The number of carbonyl (C=O) groups excluding carboxylic acids is 5. The summed E-state index contributed by atoms with van der Waals surface area (Å²) in [5.41, 5.74) is 0. The number of hydrogen-bond donors (Lipinski definition) is 1. The molecular formula is C25H41NO11. The average molecular weight is 532 g/mol. The molecule has 0 aromatic heterocycles. The summed E-state index contributed by atoms with van der Waals surface area (Å²) in [7, 11) is 0. The molecule has 0 aliphatic carbocycles. The van der Waals surface area contributed by atoms with Crippen molar-refractivity contribution in [3.63, 3.8) is 0 Å². The summed E-state index contributed by atoms with van der Waals surface area (Å²) in [6.45, 7) is 7.07. The van der Waals surface area contributed by atoms with Gasteiger partial charge in [-0.1, -0.05) is 25.7 Å². The summed E-state index contributed by atoms with van der Waals surface area (Å²) < 4.78 is 32.6. The monoisotopic (exact) mass is 531 g/mol. The molecule has 1 amide bonds. The van der Waals surface area contributed by atoms with Crippen LogP contribution in [0.3, 0.4) is 0 Å². The Kier molecular flexibility index (Phi) is 15.4. The number of amides is 1. The fraction of sp³-hybridized carbons (Fsp3) is 0.800. The van der Waals surface area contributed by atoms with E-state index in [1.807, 2.05) is 0 Å². The maximum atomic E-state index is 11.9. The van der Waals surface area contributed by atoms with Crippen molar-refractivity contribution in [3.8, 4) is 0 Å². The van der Waals surface area contributed by atoms with Gasteiger partial charge in [0.2, 0.25) is 5.91 Å². The number of nitrogens with one attached hydrogen (secondary N) is 1. The molecule has 1 aliphatic heterocycles. The average Bonchev–Trinajstić information content (AvgIpc) is 2.79. The molecule has 37 heavy (non-hydrogen) atoms. The first-order chi connectivity index (χ1) is 17.5. The number of unbranched alkanes of at least 4 members (excludes halogenated alkanes) is 5. The zero-order chi connectivity index (χ0) is 27.8. The van der Waals surface area contributed by atoms with Crippen LogP contribution in [-0.4, -0.2) is 80.2 Å². The summed E-state index contributed by atoms with van der Waals surface area (Å²) in [6, 6.07) is -0.970. The Bertz CT molecular complexity index is 757. The Balaban J connectivity index is 2.76. The Labute approximate surface area is 218 Å². The van der Waals surface area contributed by atoms with Gasteiger partial charge in [-0.15, -0.1) is 0 Å². The van der Waals surface area contributed by atoms with Crippen LogP contribution in [0, 0.1) is 0 Å². The van der Waals surface area contributed by atoms with Gasteiger partial charge in [-0.25, -0.2) is 0 Å². The minimum atomic E-state index is -1.15. The maximum Gasteiger partial charge on any atom is 0.305 e. The summed E-state index contributed by atoms with van der Waals surface area (Å²) in [6.07, 6.45) is 1.30. The fourth-order valence-electron chi connectivity index (χ4n) is 3.94. The van der Waals surface area contributed by atoms with Gasteiger partial charge < -0.3 is 33.7 Å². The molecular weight excluding hydrogens is 490 g/mol. The standard InChI is InChI=1S/C25H41NO11/c1-6-32-21(31)13-11-9-7-8-10-12-14-33-25-22(26-16(2)27)24(36-19(5)30)23(35-18(4)29)20(37-25)15-34-17(3)28/h20,22-25H,6-15H2,1-5H3,(H,26,27)/t20-,22-,23-,24-,25-/m1/s1. The molecule has 0 spiro atoms. The number of ether oxygens (including phenoxy) is 6. The number of rotatable bonds is 16. The molecule has 0 aromatic rings. The molecule has 0 saturated carbocycles. The van der Waals surface area contributed by atoms with Crippen molar-refractivity contribution < 1.29 is 52.4 Å². The topological polar surface area (TPSA) is 153 Å². The van der Waals surface area contributed by atoms with Crippen LogP contribution in [0.5, 0.6) is 0 Å². The third-order valence-corrected chi connectivity index (χ3v) is 5.43. The van der Waals surface area contributed by atoms with Gasteiger partial charge in [-0.05, 0) is 19.8 Å². The van der Waals surface area contributed by atoms with Gasteiger partial charge in [-0.2, -0.15) is 0 Å². The van der Waals surface area contributed by atoms with Crippen molar-refractivity contribution >= 4 is 29.8 Å². The van der Waals surface area contributed by atoms with E-state index in [4.69, 9.17) is 28.4 Å². The van der Waals surface area contributed by atoms with Crippen molar-refractivity contribution in [1.29, 1.82) is 0 Å². The minimum Gasteiger partial charge on any atom is -0.466 e. The zero-order valence-electron chi connectivity index (χ0n) is 22.4.